The van der Waals surface area contributed by atoms with Crippen molar-refractivity contribution in [3.05, 3.63) is 160 Å². The average Bonchev–Trinajstić information content (AvgIpc) is 3.71. The van der Waals surface area contributed by atoms with Gasteiger partial charge in [0.2, 0.25) is 0 Å². The number of hydrogen-bond acceptors (Lipinski definition) is 0. The molecule has 5 aromatic carbocycles. The third-order valence-corrected chi connectivity index (χ3v) is 12.5. The molecule has 0 fully saturated rings. The first-order valence-corrected chi connectivity index (χ1v) is 19.9. The van der Waals surface area contributed by atoms with E-state index in [2.05, 4.69) is 191 Å². The van der Waals surface area contributed by atoms with Crippen molar-refractivity contribution in [1.29, 1.82) is 0 Å². The molecule has 3 aliphatic rings. The zero-order valence-electron chi connectivity index (χ0n) is 33.2. The number of rotatable bonds is 2. The molecule has 0 saturated heterocycles. The Morgan fingerprint density at radius 1 is 0.698 bits per heavy atom. The van der Waals surface area contributed by atoms with Crippen molar-refractivity contribution in [1.82, 2.24) is 0 Å². The first kappa shape index (κ1) is 42.8. The molecule has 0 heterocycles. The second kappa shape index (κ2) is 16.8. The van der Waals surface area contributed by atoms with E-state index in [-0.39, 0.29) is 35.6 Å². The van der Waals surface area contributed by atoms with E-state index in [1.807, 2.05) is 0 Å². The van der Waals surface area contributed by atoms with Gasteiger partial charge in [0, 0.05) is 0 Å². The molecule has 0 spiro atoms. The molecule has 274 valence electrons. The number of allylic oxidation sites excluding steroid dienone is 8. The molecule has 0 N–H and O–H groups in total. The fourth-order valence-corrected chi connectivity index (χ4v) is 8.38. The van der Waals surface area contributed by atoms with Crippen LogP contribution in [0.5, 0.6) is 0 Å². The Bertz CT molecular complexity index is 2080. The van der Waals surface area contributed by atoms with Crippen molar-refractivity contribution in [3.63, 3.8) is 0 Å². The SMILES string of the molecule is CC1=CCC(C)(C)c2cc3[cH-]c4cc5c(cc4c3cc21)C(C)=CCC5(C)C.CC1[C-]=CC(C(C)(C)C)=C1.[Cl-].[Cl-].[Zr+2]=[C](c1ccccc1)c1ccccc1. The molecule has 3 heteroatoms. The van der Waals surface area contributed by atoms with Crippen molar-refractivity contribution in [2.75, 3.05) is 0 Å². The van der Waals surface area contributed by atoms with Crippen LogP contribution in [0.3, 0.4) is 0 Å². The second-order valence-corrected chi connectivity index (χ2v) is 18.4. The summed E-state index contributed by atoms with van der Waals surface area (Å²) in [5, 5.41) is 5.61. The molecule has 53 heavy (non-hydrogen) atoms. The van der Waals surface area contributed by atoms with Crippen LogP contribution in [0, 0.1) is 17.4 Å². The minimum absolute atomic E-state index is 0. The maximum absolute atomic E-state index is 3.26. The molecule has 0 aliphatic heterocycles. The molecule has 0 nitrogen and oxygen atoms in total. The Labute approximate surface area is 347 Å². The van der Waals surface area contributed by atoms with E-state index in [1.165, 1.54) is 99.1 Å². The standard InChI is InChI=1S/C27H29.C13H10.C10H15.2ClH.Zr/c1-16-7-9-26(3,4)24-12-18-11-19-13-25-21(17(2)8-10-27(25,5)6)15-23(19)22(18)14-20(16)24;1-3-7-12(8-4-1)11-13-9-5-2-6-10-13;1-8-5-6-9(7-8)10(2,3)4;;;/h7-8,11-15H,9-10H2,1-6H3;1-10H;6-8H,1-4H3;2*1H;/q-1;;-1;;;+2/p-2. The summed E-state index contributed by atoms with van der Waals surface area (Å²) in [6.07, 6.45) is 14.7. The Kier molecular flexibility index (Phi) is 13.6. The van der Waals surface area contributed by atoms with Gasteiger partial charge < -0.3 is 24.8 Å². The zero-order chi connectivity index (χ0) is 36.7. The van der Waals surface area contributed by atoms with E-state index in [4.69, 9.17) is 0 Å². The number of hydrogen-bond donors (Lipinski definition) is 0. The first-order valence-electron chi connectivity index (χ1n) is 18.6. The number of halogens is 2. The van der Waals surface area contributed by atoms with E-state index in [1.54, 1.807) is 0 Å². The predicted octanol–water partition coefficient (Wildman–Crippen LogP) is 7.66. The van der Waals surface area contributed by atoms with E-state index in [0.717, 1.165) is 12.8 Å². The van der Waals surface area contributed by atoms with Crippen LogP contribution in [-0.2, 0) is 35.1 Å². The van der Waals surface area contributed by atoms with Gasteiger partial charge >= 0.3 is 99.2 Å². The third kappa shape index (κ3) is 9.30. The van der Waals surface area contributed by atoms with Gasteiger partial charge in [-0.2, -0.15) is 11.6 Å². The van der Waals surface area contributed by atoms with Crippen molar-refractivity contribution < 1.29 is 49.0 Å². The van der Waals surface area contributed by atoms with Crippen LogP contribution in [0.15, 0.2) is 121 Å². The fraction of sp³-hybridized carbons (Fsp3) is 0.320. The number of fused-ring (bicyclic) bond motifs is 5. The Hall–Kier alpha value is -2.96. The molecule has 5 aromatic rings. The van der Waals surface area contributed by atoms with Crippen LogP contribution < -0.4 is 24.8 Å². The van der Waals surface area contributed by atoms with Gasteiger partial charge in [0.25, 0.3) is 0 Å². The molecule has 0 aromatic heterocycles. The summed E-state index contributed by atoms with van der Waals surface area (Å²) in [6, 6.07) is 33.4. The molecule has 0 bridgehead atoms. The Morgan fingerprint density at radius 3 is 1.45 bits per heavy atom. The quantitative estimate of drug-likeness (QED) is 0.161. The summed E-state index contributed by atoms with van der Waals surface area (Å²) in [5.41, 5.74) is 13.6. The van der Waals surface area contributed by atoms with Gasteiger partial charge in [0.15, 0.2) is 0 Å². The molecular weight excluding hydrogens is 763 g/mol. The van der Waals surface area contributed by atoms with Gasteiger partial charge in [-0.25, -0.2) is 6.08 Å². The molecule has 0 saturated carbocycles. The summed E-state index contributed by atoms with van der Waals surface area (Å²) in [7, 11) is 0. The Morgan fingerprint density at radius 2 is 1.11 bits per heavy atom. The monoisotopic (exact) mass is 814 g/mol. The van der Waals surface area contributed by atoms with Crippen LogP contribution in [0.1, 0.15) is 115 Å². The summed E-state index contributed by atoms with van der Waals surface area (Å²) in [5.74, 6) is 0.522. The van der Waals surface area contributed by atoms with Crippen molar-refractivity contribution in [3.8, 4) is 0 Å². The summed E-state index contributed by atoms with van der Waals surface area (Å²) < 4.78 is 1.42. The van der Waals surface area contributed by atoms with Gasteiger partial charge in [0.05, 0.1) is 0 Å². The van der Waals surface area contributed by atoms with Gasteiger partial charge in [0.1, 0.15) is 0 Å². The third-order valence-electron chi connectivity index (χ3n) is 11.0. The molecule has 1 unspecified atom stereocenters. The molecule has 3 aliphatic carbocycles. The molecule has 0 radical (unpaired) electrons. The van der Waals surface area contributed by atoms with Crippen molar-refractivity contribution in [2.24, 2.45) is 11.3 Å². The van der Waals surface area contributed by atoms with Crippen LogP contribution in [0.25, 0.3) is 32.7 Å². The normalized spacial score (nSPS) is 17.7. The van der Waals surface area contributed by atoms with Gasteiger partial charge in [-0.1, -0.05) is 102 Å². The average molecular weight is 817 g/mol. The predicted molar refractivity (Wildman–Crippen MR) is 220 cm³/mol. The Balaban J connectivity index is 0.000000203. The summed E-state index contributed by atoms with van der Waals surface area (Å²) in [4.78, 5) is 0. The van der Waals surface area contributed by atoms with Crippen LogP contribution in [0.2, 0.25) is 0 Å². The summed E-state index contributed by atoms with van der Waals surface area (Å²) in [6.45, 7) is 22.9. The topological polar surface area (TPSA) is 0 Å². The van der Waals surface area contributed by atoms with Crippen molar-refractivity contribution in [2.45, 2.75) is 92.9 Å². The van der Waals surface area contributed by atoms with Gasteiger partial charge in [-0.3, -0.25) is 6.08 Å². The molecule has 8 rings (SSSR count). The fourth-order valence-electron chi connectivity index (χ4n) is 7.56. The maximum atomic E-state index is 3.26. The van der Waals surface area contributed by atoms with E-state index >= 15 is 0 Å². The first-order chi connectivity index (χ1) is 24.0. The van der Waals surface area contributed by atoms with Gasteiger partial charge in [-0.15, -0.1) is 39.7 Å². The van der Waals surface area contributed by atoms with Crippen molar-refractivity contribution >= 4 is 35.9 Å². The van der Waals surface area contributed by atoms with E-state index < -0.39 is 0 Å². The number of benzene rings is 4. The van der Waals surface area contributed by atoms with Crippen LogP contribution >= 0.6 is 0 Å². The molecule has 1 atom stereocenters. The van der Waals surface area contributed by atoms with Crippen LogP contribution in [0.4, 0.5) is 0 Å². The van der Waals surface area contributed by atoms with E-state index in [0.29, 0.717) is 11.3 Å². The van der Waals surface area contributed by atoms with E-state index in [9.17, 15) is 0 Å². The minimum atomic E-state index is 0. The molecular formula is C50H54Cl2Zr-2. The van der Waals surface area contributed by atoms with Crippen LogP contribution in [-0.4, -0.2) is 3.21 Å². The van der Waals surface area contributed by atoms with Gasteiger partial charge in [-0.05, 0) is 59.8 Å². The molecule has 0 amide bonds. The zero-order valence-corrected chi connectivity index (χ0v) is 37.2. The second-order valence-electron chi connectivity index (χ2n) is 17.1. The summed E-state index contributed by atoms with van der Waals surface area (Å²) >= 11 is 1.46.